The molecule has 1 aromatic carbocycles. The summed E-state index contributed by atoms with van der Waals surface area (Å²) < 4.78 is 7.48. The number of nitrogens with one attached hydrogen (secondary N) is 1. The lowest BCUT2D eigenvalue weighted by Crippen LogP contribution is -2.43. The van der Waals surface area contributed by atoms with Gasteiger partial charge in [-0.1, -0.05) is 6.07 Å². The van der Waals surface area contributed by atoms with Crippen molar-refractivity contribution in [1.29, 1.82) is 0 Å². The number of methoxy groups -OCH3 is 1. The summed E-state index contributed by atoms with van der Waals surface area (Å²) in [6, 6.07) is 9.41. The van der Waals surface area contributed by atoms with Gasteiger partial charge in [-0.15, -0.1) is 10.2 Å². The third-order valence-electron chi connectivity index (χ3n) is 4.94. The van der Waals surface area contributed by atoms with E-state index >= 15 is 0 Å². The Kier molecular flexibility index (Phi) is 5.58. The molecule has 1 fully saturated rings. The van der Waals surface area contributed by atoms with E-state index in [9.17, 15) is 0 Å². The van der Waals surface area contributed by atoms with Crippen LogP contribution in [0.5, 0.6) is 5.75 Å². The van der Waals surface area contributed by atoms with Crippen LogP contribution in [-0.2, 0) is 0 Å². The van der Waals surface area contributed by atoms with Crippen molar-refractivity contribution in [2.24, 2.45) is 0 Å². The van der Waals surface area contributed by atoms with E-state index in [1.807, 2.05) is 12.4 Å². The largest absolute Gasteiger partial charge is 0.497 e. The van der Waals surface area contributed by atoms with Crippen LogP contribution in [0.3, 0.4) is 0 Å². The Bertz CT molecular complexity index is 676. The fourth-order valence-corrected chi connectivity index (χ4v) is 3.50. The number of hydrogen-bond donors (Lipinski definition) is 1. The lowest BCUT2D eigenvalue weighted by molar-refractivity contribution is 0.364. The van der Waals surface area contributed by atoms with Gasteiger partial charge >= 0.3 is 0 Å². The van der Waals surface area contributed by atoms with Crippen molar-refractivity contribution in [1.82, 2.24) is 20.1 Å². The van der Waals surface area contributed by atoms with Gasteiger partial charge in [0.25, 0.3) is 0 Å². The maximum Gasteiger partial charge on any atom is 0.149 e. The standard InChI is InChI=1S/C19H29N5O/c1-14(2)24-13-20-22-19(24)15(3)21-16-8-10-23(11-9-16)17-6-5-7-18(12-17)25-4/h5-7,12-16,21H,8-11H2,1-4H3. The monoisotopic (exact) mass is 343 g/mol. The van der Waals surface area contributed by atoms with Crippen LogP contribution >= 0.6 is 0 Å². The predicted molar refractivity (Wildman–Crippen MR) is 100 cm³/mol. The number of rotatable bonds is 6. The molecular weight excluding hydrogens is 314 g/mol. The van der Waals surface area contributed by atoms with Crippen molar-refractivity contribution in [2.75, 3.05) is 25.1 Å². The van der Waals surface area contributed by atoms with Gasteiger partial charge in [0.2, 0.25) is 0 Å². The molecule has 136 valence electrons. The third kappa shape index (κ3) is 4.12. The Hall–Kier alpha value is -2.08. The Morgan fingerprint density at radius 3 is 2.64 bits per heavy atom. The molecule has 1 aliphatic rings. The topological polar surface area (TPSA) is 55.2 Å². The second kappa shape index (κ2) is 7.87. The van der Waals surface area contributed by atoms with E-state index in [0.717, 1.165) is 37.5 Å². The molecule has 1 unspecified atom stereocenters. The summed E-state index contributed by atoms with van der Waals surface area (Å²) in [5.74, 6) is 1.93. The van der Waals surface area contributed by atoms with Gasteiger partial charge in [-0.3, -0.25) is 0 Å². The van der Waals surface area contributed by atoms with E-state index in [2.05, 4.69) is 64.0 Å². The van der Waals surface area contributed by atoms with Crippen molar-refractivity contribution in [3.05, 3.63) is 36.4 Å². The molecule has 6 nitrogen and oxygen atoms in total. The first-order chi connectivity index (χ1) is 12.1. The Balaban J connectivity index is 1.56. The average Bonchev–Trinajstić information content (AvgIpc) is 3.13. The zero-order valence-electron chi connectivity index (χ0n) is 15.6. The summed E-state index contributed by atoms with van der Waals surface area (Å²) in [6.45, 7) is 8.60. The van der Waals surface area contributed by atoms with Gasteiger partial charge in [0.15, 0.2) is 0 Å². The highest BCUT2D eigenvalue weighted by Gasteiger charge is 2.23. The number of nitrogens with zero attached hydrogens (tertiary/aromatic N) is 4. The molecule has 1 atom stereocenters. The second-order valence-electron chi connectivity index (χ2n) is 7.04. The van der Waals surface area contributed by atoms with Gasteiger partial charge in [-0.05, 0) is 45.7 Å². The van der Waals surface area contributed by atoms with E-state index in [4.69, 9.17) is 4.74 Å². The zero-order chi connectivity index (χ0) is 17.8. The summed E-state index contributed by atoms with van der Waals surface area (Å²) in [4.78, 5) is 2.43. The van der Waals surface area contributed by atoms with Gasteiger partial charge in [0, 0.05) is 36.9 Å². The Morgan fingerprint density at radius 1 is 1.20 bits per heavy atom. The molecule has 1 aliphatic heterocycles. The minimum atomic E-state index is 0.207. The van der Waals surface area contributed by atoms with Gasteiger partial charge in [0.1, 0.15) is 17.9 Å². The van der Waals surface area contributed by atoms with Crippen LogP contribution in [0.1, 0.15) is 51.5 Å². The highest BCUT2D eigenvalue weighted by molar-refractivity contribution is 5.51. The molecule has 1 aromatic heterocycles. The van der Waals surface area contributed by atoms with Crippen LogP contribution < -0.4 is 15.0 Å². The first-order valence-corrected chi connectivity index (χ1v) is 9.13. The van der Waals surface area contributed by atoms with Crippen molar-refractivity contribution >= 4 is 5.69 Å². The maximum absolute atomic E-state index is 5.34. The van der Waals surface area contributed by atoms with E-state index < -0.39 is 0 Å². The van der Waals surface area contributed by atoms with Gasteiger partial charge in [-0.2, -0.15) is 0 Å². The van der Waals surface area contributed by atoms with Crippen molar-refractivity contribution in [2.45, 2.75) is 51.7 Å². The van der Waals surface area contributed by atoms with Gasteiger partial charge in [-0.25, -0.2) is 0 Å². The molecule has 1 saturated heterocycles. The molecule has 0 spiro atoms. The van der Waals surface area contributed by atoms with Crippen LogP contribution in [0.15, 0.2) is 30.6 Å². The number of benzene rings is 1. The highest BCUT2D eigenvalue weighted by Crippen LogP contribution is 2.25. The van der Waals surface area contributed by atoms with Crippen LogP contribution in [0, 0.1) is 0 Å². The van der Waals surface area contributed by atoms with Crippen LogP contribution in [0.4, 0.5) is 5.69 Å². The Morgan fingerprint density at radius 2 is 1.96 bits per heavy atom. The number of ether oxygens (including phenoxy) is 1. The van der Waals surface area contributed by atoms with Crippen LogP contribution in [0.2, 0.25) is 0 Å². The highest BCUT2D eigenvalue weighted by atomic mass is 16.5. The normalized spacial score (nSPS) is 17.1. The first kappa shape index (κ1) is 17.7. The average molecular weight is 343 g/mol. The molecule has 0 aliphatic carbocycles. The first-order valence-electron chi connectivity index (χ1n) is 9.13. The van der Waals surface area contributed by atoms with Crippen molar-refractivity contribution in [3.63, 3.8) is 0 Å². The van der Waals surface area contributed by atoms with E-state index in [-0.39, 0.29) is 6.04 Å². The van der Waals surface area contributed by atoms with E-state index in [0.29, 0.717) is 12.1 Å². The lowest BCUT2D eigenvalue weighted by Gasteiger charge is -2.35. The van der Waals surface area contributed by atoms with Crippen molar-refractivity contribution in [3.8, 4) is 5.75 Å². The summed E-state index contributed by atoms with van der Waals surface area (Å²) in [6.07, 6.45) is 4.07. The molecule has 0 radical (unpaired) electrons. The van der Waals surface area contributed by atoms with Crippen LogP contribution in [0.25, 0.3) is 0 Å². The number of piperidine rings is 1. The maximum atomic E-state index is 5.34. The molecule has 2 heterocycles. The fourth-order valence-electron chi connectivity index (χ4n) is 3.50. The zero-order valence-corrected chi connectivity index (χ0v) is 15.6. The summed E-state index contributed by atoms with van der Waals surface area (Å²) in [7, 11) is 1.71. The number of hydrogen-bond acceptors (Lipinski definition) is 5. The minimum absolute atomic E-state index is 0.207. The van der Waals surface area contributed by atoms with Gasteiger partial charge < -0.3 is 19.5 Å². The second-order valence-corrected chi connectivity index (χ2v) is 7.04. The minimum Gasteiger partial charge on any atom is -0.497 e. The molecule has 0 amide bonds. The number of anilines is 1. The van der Waals surface area contributed by atoms with Crippen LogP contribution in [-0.4, -0.2) is 41.0 Å². The molecule has 6 heteroatoms. The molecule has 3 rings (SSSR count). The molecule has 25 heavy (non-hydrogen) atoms. The third-order valence-corrected chi connectivity index (χ3v) is 4.94. The SMILES string of the molecule is COc1cccc(N2CCC(NC(C)c3nncn3C(C)C)CC2)c1. The summed E-state index contributed by atoms with van der Waals surface area (Å²) >= 11 is 0. The predicted octanol–water partition coefficient (Wildman–Crippen LogP) is 3.19. The molecule has 0 saturated carbocycles. The lowest BCUT2D eigenvalue weighted by atomic mass is 10.0. The summed E-state index contributed by atoms with van der Waals surface area (Å²) in [5, 5.41) is 12.1. The molecule has 1 N–H and O–H groups in total. The molecule has 0 bridgehead atoms. The quantitative estimate of drug-likeness (QED) is 0.873. The smallest absolute Gasteiger partial charge is 0.149 e. The number of aromatic nitrogens is 3. The summed E-state index contributed by atoms with van der Waals surface area (Å²) in [5.41, 5.74) is 1.24. The fraction of sp³-hybridized carbons (Fsp3) is 0.579. The molecular formula is C19H29N5O. The van der Waals surface area contributed by atoms with E-state index in [1.54, 1.807) is 7.11 Å². The van der Waals surface area contributed by atoms with Gasteiger partial charge in [0.05, 0.1) is 13.2 Å². The van der Waals surface area contributed by atoms with Crippen molar-refractivity contribution < 1.29 is 4.74 Å². The Labute approximate surface area is 150 Å². The van der Waals surface area contributed by atoms with E-state index in [1.165, 1.54) is 5.69 Å². The molecule has 2 aromatic rings.